The van der Waals surface area contributed by atoms with E-state index in [4.69, 9.17) is 4.74 Å². The molecule has 4 heterocycles. The van der Waals surface area contributed by atoms with E-state index in [2.05, 4.69) is 44.6 Å². The van der Waals surface area contributed by atoms with Gasteiger partial charge in [0, 0.05) is 12.2 Å². The number of carbonyl (C=O) groups excluding carboxylic acids is 2. The number of para-hydroxylation sites is 1. The number of urea groups is 1. The number of hydrogen-bond acceptors (Lipinski definition) is 7. The Hall–Kier alpha value is -4.80. The van der Waals surface area contributed by atoms with Gasteiger partial charge in [-0.2, -0.15) is 0 Å². The van der Waals surface area contributed by atoms with Crippen LogP contribution >= 0.6 is 11.3 Å². The van der Waals surface area contributed by atoms with Crippen LogP contribution in [0.1, 0.15) is 35.0 Å². The molecule has 0 atom stereocenters. The molecule has 3 aromatic carbocycles. The molecular weight excluding hydrogens is 560 g/mol. The number of likely N-dealkylation sites (tertiary alicyclic amines) is 1. The highest BCUT2D eigenvalue weighted by atomic mass is 32.1. The highest BCUT2D eigenvalue weighted by Gasteiger charge is 2.34. The van der Waals surface area contributed by atoms with Gasteiger partial charge >= 0.3 is 6.03 Å². The van der Waals surface area contributed by atoms with Crippen molar-refractivity contribution in [3.63, 3.8) is 0 Å². The Labute approximate surface area is 253 Å². The molecule has 2 N–H and O–H groups in total. The van der Waals surface area contributed by atoms with Gasteiger partial charge in [-0.05, 0) is 85.9 Å². The van der Waals surface area contributed by atoms with Crippen LogP contribution in [-0.4, -0.2) is 39.9 Å². The molecule has 0 radical (unpaired) electrons. The molecular formula is C33H30N6O3S. The fourth-order valence-electron chi connectivity index (χ4n) is 5.51. The molecule has 0 bridgehead atoms. The number of thiophene rings is 1. The molecule has 7 rings (SSSR count). The van der Waals surface area contributed by atoms with Crippen molar-refractivity contribution in [3.8, 4) is 11.5 Å². The average Bonchev–Trinajstić information content (AvgIpc) is 3.40. The zero-order valence-electron chi connectivity index (χ0n) is 23.6. The van der Waals surface area contributed by atoms with E-state index in [-0.39, 0.29) is 5.91 Å². The fraction of sp³-hybridized carbons (Fsp3) is 0.212. The van der Waals surface area contributed by atoms with Crippen molar-refractivity contribution in [2.45, 2.75) is 26.3 Å². The molecule has 0 spiro atoms. The Morgan fingerprint density at radius 3 is 2.44 bits per heavy atom. The number of anilines is 4. The monoisotopic (exact) mass is 590 g/mol. The molecule has 9 nitrogen and oxygen atoms in total. The maximum absolute atomic E-state index is 13.4. The number of rotatable bonds is 7. The van der Waals surface area contributed by atoms with Crippen LogP contribution in [-0.2, 0) is 6.54 Å². The minimum absolute atomic E-state index is 0.308. The minimum Gasteiger partial charge on any atom is -0.457 e. The van der Waals surface area contributed by atoms with E-state index in [1.54, 1.807) is 24.3 Å². The van der Waals surface area contributed by atoms with Crippen molar-refractivity contribution in [1.29, 1.82) is 0 Å². The lowest BCUT2D eigenvalue weighted by molar-refractivity contribution is 0.103. The lowest BCUT2D eigenvalue weighted by atomic mass is 9.99. The van der Waals surface area contributed by atoms with Crippen LogP contribution in [0.25, 0.3) is 10.2 Å². The van der Waals surface area contributed by atoms with Crippen LogP contribution in [0, 0.1) is 5.92 Å². The molecule has 0 unspecified atom stereocenters. The summed E-state index contributed by atoms with van der Waals surface area (Å²) in [6.07, 6.45) is 3.89. The molecule has 5 aromatic rings. The first kappa shape index (κ1) is 27.1. The third-order valence-electron chi connectivity index (χ3n) is 7.89. The SMILES string of the molecule is CC1CCN(Cc2ccc(NC(=O)c3sc4ncnc5c4c3NC(=O)N5c3ccc(Oc4ccccc4)cc3)cc2)CC1. The van der Waals surface area contributed by atoms with Crippen LogP contribution in [0.2, 0.25) is 0 Å². The number of aromatic nitrogens is 2. The van der Waals surface area contributed by atoms with E-state index in [0.29, 0.717) is 43.7 Å². The van der Waals surface area contributed by atoms with Crippen LogP contribution < -0.4 is 20.3 Å². The number of carbonyl (C=O) groups is 2. The molecule has 10 heteroatoms. The van der Waals surface area contributed by atoms with Crippen LogP contribution in [0.4, 0.5) is 27.7 Å². The summed E-state index contributed by atoms with van der Waals surface area (Å²) >= 11 is 1.23. The predicted octanol–water partition coefficient (Wildman–Crippen LogP) is 7.65. The summed E-state index contributed by atoms with van der Waals surface area (Å²) in [6.45, 7) is 5.47. The second kappa shape index (κ2) is 11.5. The van der Waals surface area contributed by atoms with E-state index >= 15 is 0 Å². The lowest BCUT2D eigenvalue weighted by Crippen LogP contribution is -2.35. The first-order chi connectivity index (χ1) is 21.0. The number of nitrogens with one attached hydrogen (secondary N) is 2. The topological polar surface area (TPSA) is 99.7 Å². The van der Waals surface area contributed by atoms with E-state index in [9.17, 15) is 9.59 Å². The van der Waals surface area contributed by atoms with Crippen molar-refractivity contribution >= 4 is 56.4 Å². The van der Waals surface area contributed by atoms with Crippen molar-refractivity contribution in [1.82, 2.24) is 14.9 Å². The van der Waals surface area contributed by atoms with Gasteiger partial charge in [0.1, 0.15) is 27.5 Å². The largest absolute Gasteiger partial charge is 0.457 e. The Morgan fingerprint density at radius 2 is 1.70 bits per heavy atom. The molecule has 43 heavy (non-hydrogen) atoms. The lowest BCUT2D eigenvalue weighted by Gasteiger charge is -2.30. The van der Waals surface area contributed by atoms with E-state index in [1.165, 1.54) is 41.0 Å². The predicted molar refractivity (Wildman–Crippen MR) is 170 cm³/mol. The van der Waals surface area contributed by atoms with Gasteiger partial charge in [-0.1, -0.05) is 37.3 Å². The normalized spacial score (nSPS) is 15.4. The molecule has 2 aromatic heterocycles. The fourth-order valence-corrected chi connectivity index (χ4v) is 6.50. The molecule has 1 fully saturated rings. The molecule has 0 aliphatic carbocycles. The highest BCUT2D eigenvalue weighted by molar-refractivity contribution is 7.21. The Bertz CT molecular complexity index is 1780. The summed E-state index contributed by atoms with van der Waals surface area (Å²) in [4.78, 5) is 40.7. The maximum atomic E-state index is 13.4. The quantitative estimate of drug-likeness (QED) is 0.202. The first-order valence-corrected chi connectivity index (χ1v) is 15.2. The third kappa shape index (κ3) is 5.54. The first-order valence-electron chi connectivity index (χ1n) is 14.4. The van der Waals surface area contributed by atoms with Gasteiger partial charge in [-0.25, -0.2) is 19.7 Å². The number of hydrogen-bond donors (Lipinski definition) is 2. The van der Waals surface area contributed by atoms with Crippen LogP contribution in [0.5, 0.6) is 11.5 Å². The van der Waals surface area contributed by atoms with E-state index < -0.39 is 6.03 Å². The highest BCUT2D eigenvalue weighted by Crippen LogP contribution is 2.45. The molecule has 1 saturated heterocycles. The second-order valence-electron chi connectivity index (χ2n) is 11.0. The third-order valence-corrected chi connectivity index (χ3v) is 8.99. The number of piperidine rings is 1. The summed E-state index contributed by atoms with van der Waals surface area (Å²) in [5.74, 6) is 2.28. The second-order valence-corrected chi connectivity index (χ2v) is 12.0. The molecule has 2 aliphatic rings. The number of benzene rings is 3. The summed E-state index contributed by atoms with van der Waals surface area (Å²) in [5, 5.41) is 6.54. The smallest absolute Gasteiger partial charge is 0.332 e. The van der Waals surface area contributed by atoms with Gasteiger partial charge in [0.15, 0.2) is 5.82 Å². The Kier molecular flexibility index (Phi) is 7.22. The summed E-state index contributed by atoms with van der Waals surface area (Å²) in [5.41, 5.74) is 2.95. The number of amides is 3. The number of ether oxygens (including phenoxy) is 1. The summed E-state index contributed by atoms with van der Waals surface area (Å²) in [6, 6.07) is 24.2. The molecule has 0 saturated carbocycles. The maximum Gasteiger partial charge on any atom is 0.332 e. The Balaban J connectivity index is 1.10. The van der Waals surface area contributed by atoms with Gasteiger partial charge < -0.3 is 15.4 Å². The van der Waals surface area contributed by atoms with Gasteiger partial charge in [0.2, 0.25) is 0 Å². The average molecular weight is 591 g/mol. The number of nitrogens with zero attached hydrogens (tertiary/aromatic N) is 4. The summed E-state index contributed by atoms with van der Waals surface area (Å²) < 4.78 is 5.89. The standard InChI is InChI=1S/C33H30N6O3S/c1-21-15-17-38(18-16-21)19-22-7-9-23(10-8-22)36-31(40)29-28-27-30(34-20-35-32(27)43-29)39(33(41)37-28)24-11-13-26(14-12-24)42-25-5-3-2-4-6-25/h2-14,20-21H,15-19H2,1H3,(H,36,40)(H,37,41). The van der Waals surface area contributed by atoms with Crippen molar-refractivity contribution in [2.24, 2.45) is 5.92 Å². The Morgan fingerprint density at radius 1 is 0.977 bits per heavy atom. The van der Waals surface area contributed by atoms with E-state index in [0.717, 1.165) is 31.3 Å². The van der Waals surface area contributed by atoms with E-state index in [1.807, 2.05) is 42.5 Å². The van der Waals surface area contributed by atoms with Crippen molar-refractivity contribution in [3.05, 3.63) is 95.6 Å². The van der Waals surface area contributed by atoms with Crippen LogP contribution in [0.3, 0.4) is 0 Å². The zero-order valence-corrected chi connectivity index (χ0v) is 24.4. The van der Waals surface area contributed by atoms with Crippen LogP contribution in [0.15, 0.2) is 85.2 Å². The zero-order chi connectivity index (χ0) is 29.3. The molecule has 2 aliphatic heterocycles. The van der Waals surface area contributed by atoms with Gasteiger partial charge in [-0.3, -0.25) is 9.69 Å². The molecule has 3 amide bonds. The van der Waals surface area contributed by atoms with Gasteiger partial charge in [0.05, 0.1) is 16.8 Å². The van der Waals surface area contributed by atoms with Crippen molar-refractivity contribution in [2.75, 3.05) is 28.6 Å². The minimum atomic E-state index is -0.409. The van der Waals surface area contributed by atoms with Gasteiger partial charge in [-0.15, -0.1) is 11.3 Å². The summed E-state index contributed by atoms with van der Waals surface area (Å²) in [7, 11) is 0. The molecule has 216 valence electrons. The van der Waals surface area contributed by atoms with Gasteiger partial charge in [0.25, 0.3) is 5.91 Å². The van der Waals surface area contributed by atoms with Crippen molar-refractivity contribution < 1.29 is 14.3 Å².